The third-order valence-electron chi connectivity index (χ3n) is 5.56. The lowest BCUT2D eigenvalue weighted by molar-refractivity contribution is 0.305. The molecule has 2 unspecified atom stereocenters. The van der Waals surface area contributed by atoms with Gasteiger partial charge in [-0.1, -0.05) is 12.1 Å². The van der Waals surface area contributed by atoms with Crippen LogP contribution in [0.3, 0.4) is 0 Å². The number of ether oxygens (including phenoxy) is 1. The molecular weight excluding hydrogens is 364 g/mol. The number of aromatic nitrogens is 2. The molecule has 0 radical (unpaired) electrons. The number of nitrogens with zero attached hydrogens (tertiary/aromatic N) is 5. The second-order valence-corrected chi connectivity index (χ2v) is 7.83. The highest BCUT2D eigenvalue weighted by atomic mass is 16.5. The van der Waals surface area contributed by atoms with Crippen molar-refractivity contribution >= 4 is 5.96 Å². The summed E-state index contributed by atoms with van der Waals surface area (Å²) in [5.41, 5.74) is 2.56. The molecule has 2 aromatic rings. The summed E-state index contributed by atoms with van der Waals surface area (Å²) in [6.07, 6.45) is 5.25. The zero-order valence-electron chi connectivity index (χ0n) is 18.3. The average Bonchev–Trinajstić information content (AvgIpc) is 3.36. The van der Waals surface area contributed by atoms with Crippen molar-refractivity contribution in [3.05, 3.63) is 47.8 Å². The van der Waals surface area contributed by atoms with Crippen molar-refractivity contribution in [3.8, 4) is 5.75 Å². The minimum Gasteiger partial charge on any atom is -0.497 e. The first kappa shape index (κ1) is 21.2. The molecule has 0 amide bonds. The largest absolute Gasteiger partial charge is 0.497 e. The van der Waals surface area contributed by atoms with Crippen molar-refractivity contribution in [3.63, 3.8) is 0 Å². The van der Waals surface area contributed by atoms with Gasteiger partial charge in [0, 0.05) is 38.8 Å². The van der Waals surface area contributed by atoms with E-state index in [4.69, 9.17) is 9.73 Å². The fourth-order valence-electron chi connectivity index (χ4n) is 3.87. The summed E-state index contributed by atoms with van der Waals surface area (Å²) in [7, 11) is 7.87. The number of hydrogen-bond donors (Lipinski definition) is 1. The third kappa shape index (κ3) is 5.29. The Balaban J connectivity index is 1.71. The molecule has 1 aromatic heterocycles. The minimum absolute atomic E-state index is 0.214. The molecule has 0 saturated carbocycles. The van der Waals surface area contributed by atoms with Gasteiger partial charge >= 0.3 is 0 Å². The lowest BCUT2D eigenvalue weighted by atomic mass is 10.0. The van der Waals surface area contributed by atoms with E-state index in [0.29, 0.717) is 12.5 Å². The molecule has 0 spiro atoms. The Morgan fingerprint density at radius 1 is 1.34 bits per heavy atom. The van der Waals surface area contributed by atoms with Crippen LogP contribution in [0.4, 0.5) is 0 Å². The van der Waals surface area contributed by atoms with Crippen LogP contribution in [0.25, 0.3) is 0 Å². The van der Waals surface area contributed by atoms with Gasteiger partial charge in [0.15, 0.2) is 5.96 Å². The predicted molar refractivity (Wildman–Crippen MR) is 118 cm³/mol. The number of benzene rings is 1. The van der Waals surface area contributed by atoms with Gasteiger partial charge in [0.2, 0.25) is 0 Å². The number of rotatable bonds is 7. The maximum absolute atomic E-state index is 5.29. The van der Waals surface area contributed by atoms with Crippen molar-refractivity contribution in [1.29, 1.82) is 0 Å². The maximum atomic E-state index is 5.29. The first-order valence-electron chi connectivity index (χ1n) is 10.3. The Hall–Kier alpha value is -2.54. The van der Waals surface area contributed by atoms with Crippen LogP contribution in [0, 0.1) is 0 Å². The molecule has 0 aliphatic carbocycles. The molecule has 158 valence electrons. The highest BCUT2D eigenvalue weighted by molar-refractivity contribution is 5.80. The summed E-state index contributed by atoms with van der Waals surface area (Å²) in [5.74, 6) is 2.39. The average molecular weight is 399 g/mol. The molecule has 1 saturated heterocycles. The lowest BCUT2D eigenvalue weighted by Gasteiger charge is -2.26. The second kappa shape index (κ2) is 9.78. The molecule has 1 aromatic carbocycles. The van der Waals surface area contributed by atoms with Gasteiger partial charge in [0.1, 0.15) is 5.75 Å². The van der Waals surface area contributed by atoms with Gasteiger partial charge in [-0.3, -0.25) is 9.67 Å². The molecule has 1 aliphatic rings. The van der Waals surface area contributed by atoms with Crippen LogP contribution < -0.4 is 10.1 Å². The molecule has 1 fully saturated rings. The molecule has 3 rings (SSSR count). The summed E-state index contributed by atoms with van der Waals surface area (Å²) >= 11 is 0. The van der Waals surface area contributed by atoms with Gasteiger partial charge in [-0.25, -0.2) is 0 Å². The Labute approximate surface area is 174 Å². The molecule has 0 bridgehead atoms. The number of likely N-dealkylation sites (tertiary alicyclic amines) is 1. The Bertz CT molecular complexity index is 798. The van der Waals surface area contributed by atoms with Crippen LogP contribution in [0.15, 0.2) is 41.7 Å². The van der Waals surface area contributed by atoms with Gasteiger partial charge < -0.3 is 19.9 Å². The number of likely N-dealkylation sites (N-methyl/N-ethyl adjacent to an activating group) is 1. The van der Waals surface area contributed by atoms with Crippen molar-refractivity contribution < 1.29 is 4.74 Å². The van der Waals surface area contributed by atoms with Crippen LogP contribution in [0.5, 0.6) is 5.75 Å². The second-order valence-electron chi connectivity index (χ2n) is 7.83. The molecule has 7 heteroatoms. The number of aliphatic imine (C=N–C) groups is 1. The van der Waals surface area contributed by atoms with Gasteiger partial charge in [-0.2, -0.15) is 5.10 Å². The molecule has 1 aliphatic heterocycles. The topological polar surface area (TPSA) is 57.9 Å². The quantitative estimate of drug-likeness (QED) is 0.574. The van der Waals surface area contributed by atoms with Crippen LogP contribution in [0.1, 0.15) is 36.4 Å². The summed E-state index contributed by atoms with van der Waals surface area (Å²) in [5, 5.41) is 7.81. The van der Waals surface area contributed by atoms with E-state index in [1.807, 2.05) is 30.1 Å². The maximum Gasteiger partial charge on any atom is 0.194 e. The lowest BCUT2D eigenvalue weighted by Crippen LogP contribution is -2.40. The number of methoxy groups -OCH3 is 1. The highest BCUT2D eigenvalue weighted by Crippen LogP contribution is 2.27. The fourth-order valence-corrected chi connectivity index (χ4v) is 3.87. The van der Waals surface area contributed by atoms with Gasteiger partial charge in [-0.05, 0) is 50.7 Å². The zero-order valence-corrected chi connectivity index (χ0v) is 18.3. The van der Waals surface area contributed by atoms with E-state index in [1.165, 1.54) is 11.1 Å². The summed E-state index contributed by atoms with van der Waals surface area (Å²) < 4.78 is 7.17. The number of aryl methyl sites for hydroxylation is 1. The van der Waals surface area contributed by atoms with Gasteiger partial charge in [0.25, 0.3) is 0 Å². The summed E-state index contributed by atoms with van der Waals surface area (Å²) in [6, 6.07) is 8.49. The number of guanidine groups is 1. The molecular formula is C22H34N6O. The number of nitrogens with one attached hydrogen (secondary N) is 1. The van der Waals surface area contributed by atoms with Crippen molar-refractivity contribution in [2.75, 3.05) is 47.4 Å². The van der Waals surface area contributed by atoms with E-state index >= 15 is 0 Å². The minimum atomic E-state index is 0.214. The SMILES string of the molecule is CCNC(=NCC(c1ccc(OC)cc1)N(C)C)N1CCC(c2cnn(C)c2)C1. The molecule has 29 heavy (non-hydrogen) atoms. The van der Waals surface area contributed by atoms with Gasteiger partial charge in [0.05, 0.1) is 25.9 Å². The smallest absolute Gasteiger partial charge is 0.194 e. The van der Waals surface area contributed by atoms with Crippen LogP contribution in [0.2, 0.25) is 0 Å². The van der Waals surface area contributed by atoms with E-state index in [-0.39, 0.29) is 6.04 Å². The monoisotopic (exact) mass is 398 g/mol. The fraction of sp³-hybridized carbons (Fsp3) is 0.545. The van der Waals surface area contributed by atoms with E-state index in [9.17, 15) is 0 Å². The van der Waals surface area contributed by atoms with E-state index in [1.54, 1.807) is 7.11 Å². The van der Waals surface area contributed by atoms with Crippen LogP contribution >= 0.6 is 0 Å². The molecule has 2 heterocycles. The zero-order chi connectivity index (χ0) is 20.8. The van der Waals surface area contributed by atoms with Crippen molar-refractivity contribution in [1.82, 2.24) is 24.9 Å². The highest BCUT2D eigenvalue weighted by Gasteiger charge is 2.27. The first-order chi connectivity index (χ1) is 14.0. The molecule has 7 nitrogen and oxygen atoms in total. The predicted octanol–water partition coefficient (Wildman–Crippen LogP) is 2.49. The van der Waals surface area contributed by atoms with E-state index in [2.05, 4.69) is 59.6 Å². The summed E-state index contributed by atoms with van der Waals surface area (Å²) in [4.78, 5) is 9.60. The number of hydrogen-bond acceptors (Lipinski definition) is 4. The molecule has 2 atom stereocenters. The Morgan fingerprint density at radius 3 is 2.69 bits per heavy atom. The van der Waals surface area contributed by atoms with Crippen molar-refractivity contribution in [2.45, 2.75) is 25.3 Å². The van der Waals surface area contributed by atoms with E-state index in [0.717, 1.165) is 37.8 Å². The van der Waals surface area contributed by atoms with Crippen LogP contribution in [-0.4, -0.2) is 72.9 Å². The third-order valence-corrected chi connectivity index (χ3v) is 5.56. The normalized spacial score (nSPS) is 18.3. The summed E-state index contributed by atoms with van der Waals surface area (Å²) in [6.45, 7) is 5.68. The van der Waals surface area contributed by atoms with Crippen LogP contribution in [-0.2, 0) is 7.05 Å². The first-order valence-corrected chi connectivity index (χ1v) is 10.3. The Kier molecular flexibility index (Phi) is 7.14. The van der Waals surface area contributed by atoms with E-state index < -0.39 is 0 Å². The standard InChI is InChI=1S/C22H34N6O/c1-6-23-22(28-12-11-18(16-28)19-13-25-27(4)15-19)24-14-21(26(2)3)17-7-9-20(29-5)10-8-17/h7-10,13,15,18,21H,6,11-12,14,16H2,1-5H3,(H,23,24). The molecule has 1 N–H and O–H groups in total. The van der Waals surface area contributed by atoms with Crippen molar-refractivity contribution in [2.24, 2.45) is 12.0 Å². The van der Waals surface area contributed by atoms with Gasteiger partial charge in [-0.15, -0.1) is 0 Å². The Morgan fingerprint density at radius 2 is 2.10 bits per heavy atom.